The van der Waals surface area contributed by atoms with E-state index < -0.39 is 0 Å². The van der Waals surface area contributed by atoms with E-state index >= 15 is 0 Å². The van der Waals surface area contributed by atoms with Gasteiger partial charge in [0.25, 0.3) is 0 Å². The highest BCUT2D eigenvalue weighted by Gasteiger charge is 2.00. The Morgan fingerprint density at radius 3 is 2.55 bits per heavy atom. The number of hydrogen-bond acceptors (Lipinski definition) is 2. The predicted molar refractivity (Wildman–Crippen MR) is 50.6 cm³/mol. The molecule has 0 aliphatic carbocycles. The molecule has 0 spiro atoms. The van der Waals surface area contributed by atoms with Crippen molar-refractivity contribution in [2.45, 2.75) is 33.1 Å². The molecule has 0 saturated heterocycles. The van der Waals surface area contributed by atoms with Gasteiger partial charge in [0.2, 0.25) is 0 Å². The third kappa shape index (κ3) is 6.32. The third-order valence-electron chi connectivity index (χ3n) is 2.05. The molecule has 0 aromatic rings. The fourth-order valence-electron chi connectivity index (χ4n) is 1.00. The van der Waals surface area contributed by atoms with Gasteiger partial charge < -0.3 is 11.1 Å². The standard InChI is InChI=1S/C9H22N2/c1-3-5-6-11-8-9(4-2)7-10/h9,11H,3-8,10H2,1-2H3. The molecule has 2 heteroatoms. The molecule has 68 valence electrons. The smallest absolute Gasteiger partial charge is 0.000856 e. The van der Waals surface area contributed by atoms with E-state index in [2.05, 4.69) is 19.2 Å². The summed E-state index contributed by atoms with van der Waals surface area (Å²) in [6.45, 7) is 7.45. The zero-order valence-corrected chi connectivity index (χ0v) is 7.90. The van der Waals surface area contributed by atoms with E-state index in [-0.39, 0.29) is 0 Å². The second-order valence-corrected chi connectivity index (χ2v) is 3.07. The van der Waals surface area contributed by atoms with Crippen molar-refractivity contribution in [3.63, 3.8) is 0 Å². The molecule has 0 bridgehead atoms. The summed E-state index contributed by atoms with van der Waals surface area (Å²) in [6, 6.07) is 0. The van der Waals surface area contributed by atoms with Crippen LogP contribution in [0.4, 0.5) is 0 Å². The van der Waals surface area contributed by atoms with Crippen molar-refractivity contribution in [3.8, 4) is 0 Å². The Labute approximate surface area is 70.5 Å². The fraction of sp³-hybridized carbons (Fsp3) is 1.00. The van der Waals surface area contributed by atoms with Gasteiger partial charge in [-0.25, -0.2) is 0 Å². The zero-order valence-electron chi connectivity index (χ0n) is 7.90. The molecule has 0 fully saturated rings. The van der Waals surface area contributed by atoms with E-state index in [4.69, 9.17) is 5.73 Å². The van der Waals surface area contributed by atoms with Crippen LogP contribution in [0.3, 0.4) is 0 Å². The summed E-state index contributed by atoms with van der Waals surface area (Å²) in [5.74, 6) is 0.673. The molecule has 3 N–H and O–H groups in total. The van der Waals surface area contributed by atoms with Crippen molar-refractivity contribution in [1.29, 1.82) is 0 Å². The number of rotatable bonds is 7. The average molecular weight is 158 g/mol. The number of unbranched alkanes of at least 4 members (excludes halogenated alkanes) is 1. The van der Waals surface area contributed by atoms with Crippen molar-refractivity contribution >= 4 is 0 Å². The van der Waals surface area contributed by atoms with Crippen LogP contribution in [0, 0.1) is 5.92 Å². The van der Waals surface area contributed by atoms with Crippen LogP contribution in [0.1, 0.15) is 33.1 Å². The molecule has 0 saturated carbocycles. The van der Waals surface area contributed by atoms with Crippen molar-refractivity contribution in [2.75, 3.05) is 19.6 Å². The summed E-state index contributed by atoms with van der Waals surface area (Å²) in [6.07, 6.45) is 3.74. The predicted octanol–water partition coefficient (Wildman–Crippen LogP) is 1.36. The topological polar surface area (TPSA) is 38.0 Å². The first-order chi connectivity index (χ1) is 5.35. The van der Waals surface area contributed by atoms with Crippen LogP contribution in [0.15, 0.2) is 0 Å². The zero-order chi connectivity index (χ0) is 8.53. The lowest BCUT2D eigenvalue weighted by Crippen LogP contribution is -2.28. The van der Waals surface area contributed by atoms with E-state index in [1.165, 1.54) is 19.3 Å². The van der Waals surface area contributed by atoms with Gasteiger partial charge in [0, 0.05) is 0 Å². The average Bonchev–Trinajstić information content (AvgIpc) is 2.05. The summed E-state index contributed by atoms with van der Waals surface area (Å²) >= 11 is 0. The summed E-state index contributed by atoms with van der Waals surface area (Å²) in [5.41, 5.74) is 5.56. The van der Waals surface area contributed by atoms with Gasteiger partial charge in [-0.2, -0.15) is 0 Å². The monoisotopic (exact) mass is 158 g/mol. The van der Waals surface area contributed by atoms with Crippen LogP contribution in [-0.4, -0.2) is 19.6 Å². The maximum absolute atomic E-state index is 5.56. The molecular weight excluding hydrogens is 136 g/mol. The van der Waals surface area contributed by atoms with Crippen molar-refractivity contribution in [2.24, 2.45) is 11.7 Å². The molecule has 11 heavy (non-hydrogen) atoms. The van der Waals surface area contributed by atoms with E-state index in [1.807, 2.05) is 0 Å². The Balaban J connectivity index is 3.07. The van der Waals surface area contributed by atoms with E-state index in [1.54, 1.807) is 0 Å². The number of hydrogen-bond donors (Lipinski definition) is 2. The Morgan fingerprint density at radius 2 is 2.09 bits per heavy atom. The number of nitrogens with two attached hydrogens (primary N) is 1. The highest BCUT2D eigenvalue weighted by atomic mass is 14.9. The first-order valence-corrected chi connectivity index (χ1v) is 4.75. The quantitative estimate of drug-likeness (QED) is 0.549. The molecule has 0 rings (SSSR count). The first kappa shape index (κ1) is 10.9. The second kappa shape index (κ2) is 8.02. The highest BCUT2D eigenvalue weighted by molar-refractivity contribution is 4.60. The van der Waals surface area contributed by atoms with Gasteiger partial charge in [-0.05, 0) is 32.0 Å². The molecule has 0 aliphatic rings. The minimum Gasteiger partial charge on any atom is -0.330 e. The van der Waals surface area contributed by atoms with Crippen LogP contribution in [0.25, 0.3) is 0 Å². The Kier molecular flexibility index (Phi) is 7.96. The minimum atomic E-state index is 0.673. The lowest BCUT2D eigenvalue weighted by atomic mass is 10.1. The normalized spacial score (nSPS) is 13.4. The lowest BCUT2D eigenvalue weighted by molar-refractivity contribution is 0.468. The van der Waals surface area contributed by atoms with Gasteiger partial charge in [0.15, 0.2) is 0 Å². The van der Waals surface area contributed by atoms with E-state index in [9.17, 15) is 0 Å². The maximum Gasteiger partial charge on any atom is -0.000856 e. The van der Waals surface area contributed by atoms with Crippen LogP contribution in [0.2, 0.25) is 0 Å². The third-order valence-corrected chi connectivity index (χ3v) is 2.05. The molecule has 0 amide bonds. The van der Waals surface area contributed by atoms with Gasteiger partial charge in [-0.1, -0.05) is 26.7 Å². The van der Waals surface area contributed by atoms with Crippen LogP contribution in [0.5, 0.6) is 0 Å². The van der Waals surface area contributed by atoms with Gasteiger partial charge in [-0.15, -0.1) is 0 Å². The summed E-state index contributed by atoms with van der Waals surface area (Å²) < 4.78 is 0. The Morgan fingerprint density at radius 1 is 1.36 bits per heavy atom. The molecule has 0 radical (unpaired) electrons. The molecule has 0 aromatic heterocycles. The minimum absolute atomic E-state index is 0.673. The van der Waals surface area contributed by atoms with E-state index in [0.29, 0.717) is 5.92 Å². The van der Waals surface area contributed by atoms with Gasteiger partial charge in [0.05, 0.1) is 0 Å². The molecule has 0 heterocycles. The van der Waals surface area contributed by atoms with Gasteiger partial charge in [0.1, 0.15) is 0 Å². The SMILES string of the molecule is CCCCNCC(CC)CN. The lowest BCUT2D eigenvalue weighted by Gasteiger charge is -2.12. The molecule has 1 unspecified atom stereocenters. The Hall–Kier alpha value is -0.0800. The summed E-state index contributed by atoms with van der Waals surface area (Å²) in [4.78, 5) is 0. The molecule has 1 atom stereocenters. The number of nitrogens with one attached hydrogen (secondary N) is 1. The molecule has 0 aliphatic heterocycles. The van der Waals surface area contributed by atoms with Crippen LogP contribution in [-0.2, 0) is 0 Å². The van der Waals surface area contributed by atoms with Gasteiger partial charge in [-0.3, -0.25) is 0 Å². The van der Waals surface area contributed by atoms with E-state index in [0.717, 1.165) is 19.6 Å². The maximum atomic E-state index is 5.56. The summed E-state index contributed by atoms with van der Waals surface area (Å²) in [5, 5.41) is 3.41. The van der Waals surface area contributed by atoms with Crippen LogP contribution < -0.4 is 11.1 Å². The first-order valence-electron chi connectivity index (χ1n) is 4.75. The Bertz CT molecular complexity index is 70.0. The van der Waals surface area contributed by atoms with Crippen molar-refractivity contribution in [3.05, 3.63) is 0 Å². The second-order valence-electron chi connectivity index (χ2n) is 3.07. The highest BCUT2D eigenvalue weighted by Crippen LogP contribution is 1.96. The largest absolute Gasteiger partial charge is 0.330 e. The van der Waals surface area contributed by atoms with Gasteiger partial charge >= 0.3 is 0 Å². The van der Waals surface area contributed by atoms with Crippen LogP contribution >= 0.6 is 0 Å². The molecule has 0 aromatic carbocycles. The fourth-order valence-corrected chi connectivity index (χ4v) is 1.00. The van der Waals surface area contributed by atoms with Crippen molar-refractivity contribution in [1.82, 2.24) is 5.32 Å². The van der Waals surface area contributed by atoms with Crippen molar-refractivity contribution < 1.29 is 0 Å². The molecule has 2 nitrogen and oxygen atoms in total. The molecular formula is C9H22N2. The summed E-state index contributed by atoms with van der Waals surface area (Å²) in [7, 11) is 0.